The Balaban J connectivity index is 1.38. The second kappa shape index (κ2) is 8.35. The summed E-state index contributed by atoms with van der Waals surface area (Å²) in [5, 5.41) is 7.58. The Morgan fingerprint density at radius 1 is 1.09 bits per heavy atom. The number of pyridine rings is 1. The summed E-state index contributed by atoms with van der Waals surface area (Å²) in [6.45, 7) is 2.20. The van der Waals surface area contributed by atoms with Gasteiger partial charge in [0.2, 0.25) is 0 Å². The van der Waals surface area contributed by atoms with E-state index in [-0.39, 0.29) is 5.91 Å². The molecule has 0 bridgehead atoms. The lowest BCUT2D eigenvalue weighted by Gasteiger charge is -2.06. The maximum atomic E-state index is 13.1. The minimum Gasteiger partial charge on any atom is -0.460 e. The van der Waals surface area contributed by atoms with Crippen molar-refractivity contribution >= 4 is 5.91 Å². The van der Waals surface area contributed by atoms with Crippen LogP contribution in [0.25, 0.3) is 23.0 Å². The molecular formula is C24H20N6O2. The first-order valence-electron chi connectivity index (χ1n) is 10.1. The highest BCUT2D eigenvalue weighted by Gasteiger charge is 2.21. The smallest absolute Gasteiger partial charge is 0.255 e. The summed E-state index contributed by atoms with van der Waals surface area (Å²) in [4.78, 5) is 21.5. The number of nitrogens with zero attached hydrogens (tertiary/aromatic N) is 5. The molecule has 1 N–H and O–H groups in total. The van der Waals surface area contributed by atoms with Gasteiger partial charge in [0.1, 0.15) is 23.6 Å². The average Bonchev–Trinajstić information content (AvgIpc) is 3.59. The van der Waals surface area contributed by atoms with Gasteiger partial charge in [-0.1, -0.05) is 24.3 Å². The van der Waals surface area contributed by atoms with E-state index in [1.807, 2.05) is 72.3 Å². The Bertz CT molecular complexity index is 1340. The van der Waals surface area contributed by atoms with Crippen molar-refractivity contribution in [1.82, 2.24) is 29.6 Å². The van der Waals surface area contributed by atoms with Crippen molar-refractivity contribution in [2.24, 2.45) is 0 Å². The molecule has 0 aliphatic heterocycles. The van der Waals surface area contributed by atoms with Crippen LogP contribution in [-0.4, -0.2) is 30.2 Å². The van der Waals surface area contributed by atoms with Gasteiger partial charge >= 0.3 is 0 Å². The van der Waals surface area contributed by atoms with Crippen LogP contribution in [0.2, 0.25) is 0 Å². The molecule has 1 amide bonds. The van der Waals surface area contributed by atoms with E-state index in [1.165, 1.54) is 0 Å². The largest absolute Gasteiger partial charge is 0.460 e. The van der Waals surface area contributed by atoms with Crippen LogP contribution in [0.15, 0.2) is 90.1 Å². The van der Waals surface area contributed by atoms with Gasteiger partial charge in [0, 0.05) is 31.3 Å². The Morgan fingerprint density at radius 2 is 1.97 bits per heavy atom. The lowest BCUT2D eigenvalue weighted by molar-refractivity contribution is 0.0951. The zero-order valence-corrected chi connectivity index (χ0v) is 17.3. The Morgan fingerprint density at radius 3 is 2.66 bits per heavy atom. The molecule has 8 heteroatoms. The molecule has 8 nitrogen and oxygen atoms in total. The monoisotopic (exact) mass is 424 g/mol. The number of hydrogen-bond donors (Lipinski definition) is 1. The highest BCUT2D eigenvalue weighted by molar-refractivity contribution is 5.99. The summed E-state index contributed by atoms with van der Waals surface area (Å²) in [5.41, 5.74) is 2.67. The van der Waals surface area contributed by atoms with E-state index < -0.39 is 0 Å². The normalized spacial score (nSPS) is 10.9. The fourth-order valence-corrected chi connectivity index (χ4v) is 3.34. The second-order valence-electron chi connectivity index (χ2n) is 7.26. The summed E-state index contributed by atoms with van der Waals surface area (Å²) in [6.07, 6.45) is 8.67. The predicted molar refractivity (Wildman–Crippen MR) is 119 cm³/mol. The first kappa shape index (κ1) is 19.5. The fourth-order valence-electron chi connectivity index (χ4n) is 3.34. The summed E-state index contributed by atoms with van der Waals surface area (Å²) >= 11 is 0. The number of carbonyl (C=O) groups is 1. The van der Waals surface area contributed by atoms with Crippen LogP contribution >= 0.6 is 0 Å². The second-order valence-corrected chi connectivity index (χ2v) is 7.26. The van der Waals surface area contributed by atoms with Crippen molar-refractivity contribution in [3.8, 4) is 23.0 Å². The molecule has 0 atom stereocenters. The van der Waals surface area contributed by atoms with E-state index in [0.717, 1.165) is 22.8 Å². The zero-order chi connectivity index (χ0) is 21.9. The third-order valence-corrected chi connectivity index (χ3v) is 4.98. The molecule has 0 aliphatic carbocycles. The molecule has 0 saturated carbocycles. The number of imidazole rings is 1. The van der Waals surface area contributed by atoms with Crippen molar-refractivity contribution < 1.29 is 9.21 Å². The molecule has 158 valence electrons. The van der Waals surface area contributed by atoms with Crippen LogP contribution in [0.3, 0.4) is 0 Å². The molecule has 0 spiro atoms. The SMILES string of the molecule is Cc1ccc(-c2nn(-c3ccccc3)cc2C(=O)NCc2ccc(-n3ccnc3)nc2)o1. The van der Waals surface area contributed by atoms with Gasteiger partial charge in [-0.3, -0.25) is 9.36 Å². The Hall–Kier alpha value is -4.46. The third kappa shape index (κ3) is 3.93. The molecule has 1 aromatic carbocycles. The number of aromatic nitrogens is 5. The van der Waals surface area contributed by atoms with Gasteiger partial charge in [-0.15, -0.1) is 0 Å². The van der Waals surface area contributed by atoms with Crippen molar-refractivity contribution in [2.75, 3.05) is 0 Å². The summed E-state index contributed by atoms with van der Waals surface area (Å²) in [6, 6.07) is 17.1. The molecule has 0 unspecified atom stereocenters. The van der Waals surface area contributed by atoms with Gasteiger partial charge in [-0.05, 0) is 42.8 Å². The average molecular weight is 424 g/mol. The van der Waals surface area contributed by atoms with Crippen molar-refractivity contribution in [3.63, 3.8) is 0 Å². The molecule has 0 saturated heterocycles. The van der Waals surface area contributed by atoms with Gasteiger partial charge in [0.15, 0.2) is 5.76 Å². The molecule has 0 radical (unpaired) electrons. The summed E-state index contributed by atoms with van der Waals surface area (Å²) in [7, 11) is 0. The van der Waals surface area contributed by atoms with Gasteiger partial charge < -0.3 is 9.73 Å². The van der Waals surface area contributed by atoms with Crippen LogP contribution in [0.1, 0.15) is 21.7 Å². The Labute approximate surface area is 184 Å². The first-order chi connectivity index (χ1) is 15.7. The summed E-state index contributed by atoms with van der Waals surface area (Å²) in [5.74, 6) is 1.82. The van der Waals surface area contributed by atoms with E-state index in [1.54, 1.807) is 29.6 Å². The highest BCUT2D eigenvalue weighted by Crippen LogP contribution is 2.25. The number of furan rings is 1. The molecule has 4 aromatic heterocycles. The van der Waals surface area contributed by atoms with E-state index >= 15 is 0 Å². The van der Waals surface area contributed by atoms with Crippen LogP contribution < -0.4 is 5.32 Å². The molecule has 0 aliphatic rings. The third-order valence-electron chi connectivity index (χ3n) is 4.98. The Kier molecular flexibility index (Phi) is 5.09. The number of para-hydroxylation sites is 1. The van der Waals surface area contributed by atoms with E-state index in [0.29, 0.717) is 23.6 Å². The number of amides is 1. The van der Waals surface area contributed by atoms with Crippen molar-refractivity contribution in [1.29, 1.82) is 0 Å². The van der Waals surface area contributed by atoms with Crippen LogP contribution in [-0.2, 0) is 6.54 Å². The lowest BCUT2D eigenvalue weighted by atomic mass is 10.2. The predicted octanol–water partition coefficient (Wildman–Crippen LogP) is 3.95. The molecule has 5 rings (SSSR count). The quantitative estimate of drug-likeness (QED) is 0.446. The summed E-state index contributed by atoms with van der Waals surface area (Å²) < 4.78 is 9.25. The van der Waals surface area contributed by atoms with E-state index in [2.05, 4.69) is 20.4 Å². The minimum atomic E-state index is -0.241. The first-order valence-corrected chi connectivity index (χ1v) is 10.1. The van der Waals surface area contributed by atoms with Gasteiger partial charge in [-0.2, -0.15) is 5.10 Å². The fraction of sp³-hybridized carbons (Fsp3) is 0.0833. The number of rotatable bonds is 6. The van der Waals surface area contributed by atoms with Crippen molar-refractivity contribution in [3.05, 3.63) is 103 Å². The van der Waals surface area contributed by atoms with Gasteiger partial charge in [0.25, 0.3) is 5.91 Å². The van der Waals surface area contributed by atoms with Crippen LogP contribution in [0.4, 0.5) is 0 Å². The number of aryl methyl sites for hydroxylation is 1. The van der Waals surface area contributed by atoms with Crippen LogP contribution in [0.5, 0.6) is 0 Å². The molecule has 5 aromatic rings. The van der Waals surface area contributed by atoms with Gasteiger partial charge in [-0.25, -0.2) is 14.6 Å². The number of benzene rings is 1. The van der Waals surface area contributed by atoms with E-state index in [9.17, 15) is 4.79 Å². The minimum absolute atomic E-state index is 0.241. The number of nitrogens with one attached hydrogen (secondary N) is 1. The maximum Gasteiger partial charge on any atom is 0.255 e. The highest BCUT2D eigenvalue weighted by atomic mass is 16.3. The lowest BCUT2D eigenvalue weighted by Crippen LogP contribution is -2.23. The van der Waals surface area contributed by atoms with Crippen molar-refractivity contribution in [2.45, 2.75) is 13.5 Å². The number of hydrogen-bond acceptors (Lipinski definition) is 5. The van der Waals surface area contributed by atoms with E-state index in [4.69, 9.17) is 4.42 Å². The topological polar surface area (TPSA) is 90.8 Å². The van der Waals surface area contributed by atoms with Gasteiger partial charge in [0.05, 0.1) is 11.3 Å². The standard InChI is InChI=1S/C24H20N6O2/c1-17-7-9-21(32-17)23-20(15-30(28-23)19-5-3-2-4-6-19)24(31)27-14-18-8-10-22(26-13-18)29-12-11-25-16-29/h2-13,15-16H,14H2,1H3,(H,27,31). The zero-order valence-electron chi connectivity index (χ0n) is 17.3. The van der Waals surface area contributed by atoms with Crippen LogP contribution in [0, 0.1) is 6.92 Å². The molecule has 4 heterocycles. The molecule has 32 heavy (non-hydrogen) atoms. The molecule has 0 fully saturated rings. The molecular weight excluding hydrogens is 404 g/mol. The maximum absolute atomic E-state index is 13.1. The number of carbonyl (C=O) groups excluding carboxylic acids is 1.